The average molecular weight is 168 g/mol. The van der Waals surface area contributed by atoms with Gasteiger partial charge in [-0.2, -0.15) is 0 Å². The quantitative estimate of drug-likeness (QED) is 0.658. The largest absolute Gasteiger partial charge is 0.490 e. The van der Waals surface area contributed by atoms with Crippen molar-refractivity contribution in [2.24, 2.45) is 0 Å². The predicted molar refractivity (Wildman–Crippen MR) is 43.9 cm³/mol. The van der Waals surface area contributed by atoms with Gasteiger partial charge in [-0.05, 0) is 31.0 Å². The van der Waals surface area contributed by atoms with E-state index in [1.54, 1.807) is 18.2 Å². The van der Waals surface area contributed by atoms with Crippen molar-refractivity contribution in [1.29, 1.82) is 0 Å². The Morgan fingerprint density at radius 1 is 1.55 bits per heavy atom. The smallest absolute Gasteiger partial charge is 0.129 e. The van der Waals surface area contributed by atoms with E-state index in [1.807, 2.05) is 0 Å². The number of hydrogen-bond acceptors (Lipinski definition) is 1. The highest BCUT2D eigenvalue weighted by molar-refractivity contribution is 6.30. The van der Waals surface area contributed by atoms with Gasteiger partial charge in [0, 0.05) is 11.1 Å². The molecule has 1 fully saturated rings. The third-order valence-electron chi connectivity index (χ3n) is 1.56. The first-order valence-electron chi connectivity index (χ1n) is 3.68. The SMILES string of the molecule is Clc1cc[c]c(OC2CC2)c1. The molecule has 0 N–H and O–H groups in total. The van der Waals surface area contributed by atoms with Crippen LogP contribution in [-0.2, 0) is 0 Å². The van der Waals surface area contributed by atoms with Crippen LogP contribution in [0.4, 0.5) is 0 Å². The van der Waals surface area contributed by atoms with Crippen molar-refractivity contribution in [2.45, 2.75) is 18.9 Å². The lowest BCUT2D eigenvalue weighted by molar-refractivity contribution is 0.302. The molecule has 1 nitrogen and oxygen atoms in total. The van der Waals surface area contributed by atoms with Crippen molar-refractivity contribution >= 4 is 11.6 Å². The molecule has 2 heteroatoms. The molecule has 2 rings (SSSR count). The fourth-order valence-electron chi connectivity index (χ4n) is 0.852. The summed E-state index contributed by atoms with van der Waals surface area (Å²) in [5.41, 5.74) is 0. The number of benzene rings is 1. The molecule has 1 aromatic carbocycles. The number of halogens is 1. The zero-order valence-electron chi connectivity index (χ0n) is 6.01. The molecule has 0 aromatic heterocycles. The Kier molecular flexibility index (Phi) is 1.74. The van der Waals surface area contributed by atoms with Crippen LogP contribution in [0.1, 0.15) is 12.8 Å². The second-order valence-electron chi connectivity index (χ2n) is 2.69. The van der Waals surface area contributed by atoms with Crippen LogP contribution in [0, 0.1) is 6.07 Å². The van der Waals surface area contributed by atoms with Crippen LogP contribution >= 0.6 is 11.6 Å². The molecule has 1 aliphatic rings. The van der Waals surface area contributed by atoms with Crippen LogP contribution in [-0.4, -0.2) is 6.10 Å². The third kappa shape index (κ3) is 1.87. The molecule has 0 unspecified atom stereocenters. The van der Waals surface area contributed by atoms with Crippen LogP contribution in [0.25, 0.3) is 0 Å². The fraction of sp³-hybridized carbons (Fsp3) is 0.333. The van der Waals surface area contributed by atoms with Crippen molar-refractivity contribution in [3.63, 3.8) is 0 Å². The standard InChI is InChI=1S/C9H8ClO/c10-7-2-1-3-9(6-7)11-8-4-5-8/h1-2,6,8H,4-5H2. The van der Waals surface area contributed by atoms with Crippen LogP contribution in [0.15, 0.2) is 18.2 Å². The maximum Gasteiger partial charge on any atom is 0.129 e. The molecule has 0 spiro atoms. The second kappa shape index (κ2) is 2.74. The maximum absolute atomic E-state index is 5.75. The van der Waals surface area contributed by atoms with Gasteiger partial charge in [0.15, 0.2) is 0 Å². The summed E-state index contributed by atoms with van der Waals surface area (Å²) in [6, 6.07) is 8.34. The van der Waals surface area contributed by atoms with E-state index in [0.29, 0.717) is 11.1 Å². The molecule has 1 aromatic rings. The topological polar surface area (TPSA) is 9.23 Å². The minimum absolute atomic E-state index is 0.421. The first-order valence-corrected chi connectivity index (χ1v) is 4.06. The lowest BCUT2D eigenvalue weighted by Crippen LogP contribution is -1.94. The molecule has 1 aliphatic carbocycles. The van der Waals surface area contributed by atoms with Gasteiger partial charge in [-0.25, -0.2) is 0 Å². The fourth-order valence-corrected chi connectivity index (χ4v) is 1.01. The van der Waals surface area contributed by atoms with E-state index in [-0.39, 0.29) is 0 Å². The Labute approximate surface area is 70.9 Å². The molecule has 1 saturated carbocycles. The van der Waals surface area contributed by atoms with Gasteiger partial charge in [0.25, 0.3) is 0 Å². The lowest BCUT2D eigenvalue weighted by Gasteiger charge is -2.02. The molecule has 1 radical (unpaired) electrons. The molecule has 0 amide bonds. The van der Waals surface area contributed by atoms with Crippen molar-refractivity contribution in [2.75, 3.05) is 0 Å². The molecule has 0 bridgehead atoms. The summed E-state index contributed by atoms with van der Waals surface area (Å²) in [6.07, 6.45) is 2.76. The van der Waals surface area contributed by atoms with Gasteiger partial charge in [-0.15, -0.1) is 0 Å². The van der Waals surface area contributed by atoms with Crippen molar-refractivity contribution in [1.82, 2.24) is 0 Å². The number of rotatable bonds is 2. The molecule has 57 valence electrons. The number of hydrogen-bond donors (Lipinski definition) is 0. The monoisotopic (exact) mass is 167 g/mol. The Hall–Kier alpha value is -0.690. The van der Waals surface area contributed by atoms with Crippen molar-refractivity contribution in [3.05, 3.63) is 29.3 Å². The van der Waals surface area contributed by atoms with E-state index in [4.69, 9.17) is 16.3 Å². The summed E-state index contributed by atoms with van der Waals surface area (Å²) >= 11 is 5.75. The highest BCUT2D eigenvalue weighted by Gasteiger charge is 2.23. The van der Waals surface area contributed by atoms with E-state index in [1.165, 1.54) is 12.8 Å². The van der Waals surface area contributed by atoms with Gasteiger partial charge in [-0.3, -0.25) is 0 Å². The Morgan fingerprint density at radius 3 is 3.00 bits per heavy atom. The van der Waals surface area contributed by atoms with Crippen LogP contribution in [0.5, 0.6) is 5.75 Å². The van der Waals surface area contributed by atoms with Gasteiger partial charge >= 0.3 is 0 Å². The predicted octanol–water partition coefficient (Wildman–Crippen LogP) is 2.68. The van der Waals surface area contributed by atoms with Crippen LogP contribution in [0.3, 0.4) is 0 Å². The normalized spacial score (nSPS) is 16.5. The van der Waals surface area contributed by atoms with Gasteiger partial charge in [0.05, 0.1) is 6.10 Å². The summed E-state index contributed by atoms with van der Waals surface area (Å²) in [7, 11) is 0. The van der Waals surface area contributed by atoms with Crippen LogP contribution in [0.2, 0.25) is 5.02 Å². The van der Waals surface area contributed by atoms with E-state index < -0.39 is 0 Å². The Morgan fingerprint density at radius 2 is 2.36 bits per heavy atom. The molecule has 0 saturated heterocycles. The minimum atomic E-state index is 0.421. The van der Waals surface area contributed by atoms with Crippen molar-refractivity contribution < 1.29 is 4.74 Å². The summed E-state index contributed by atoms with van der Waals surface area (Å²) in [5, 5.41) is 0.708. The molecule has 0 heterocycles. The number of ether oxygens (including phenoxy) is 1. The van der Waals surface area contributed by atoms with Gasteiger partial charge in [0.2, 0.25) is 0 Å². The highest BCUT2D eigenvalue weighted by Crippen LogP contribution is 2.27. The first-order chi connectivity index (χ1) is 5.34. The Balaban J connectivity index is 2.10. The second-order valence-corrected chi connectivity index (χ2v) is 3.12. The zero-order valence-corrected chi connectivity index (χ0v) is 6.77. The highest BCUT2D eigenvalue weighted by atomic mass is 35.5. The zero-order chi connectivity index (χ0) is 7.68. The molecule has 11 heavy (non-hydrogen) atoms. The molecular formula is C9H8ClO. The molecule has 0 atom stereocenters. The van der Waals surface area contributed by atoms with Crippen LogP contribution < -0.4 is 4.74 Å². The average Bonchev–Trinajstić information content (AvgIpc) is 2.71. The van der Waals surface area contributed by atoms with E-state index >= 15 is 0 Å². The van der Waals surface area contributed by atoms with E-state index in [0.717, 1.165) is 5.75 Å². The van der Waals surface area contributed by atoms with Gasteiger partial charge in [-0.1, -0.05) is 11.6 Å². The first kappa shape index (κ1) is 6.99. The van der Waals surface area contributed by atoms with Gasteiger partial charge in [0.1, 0.15) is 5.75 Å². The van der Waals surface area contributed by atoms with E-state index in [9.17, 15) is 0 Å². The summed E-state index contributed by atoms with van der Waals surface area (Å²) < 4.78 is 5.47. The Bertz CT molecular complexity index is 255. The summed E-state index contributed by atoms with van der Waals surface area (Å²) in [6.45, 7) is 0. The van der Waals surface area contributed by atoms with Crippen molar-refractivity contribution in [3.8, 4) is 5.75 Å². The summed E-state index contributed by atoms with van der Waals surface area (Å²) in [4.78, 5) is 0. The molecular weight excluding hydrogens is 160 g/mol. The third-order valence-corrected chi connectivity index (χ3v) is 1.79. The maximum atomic E-state index is 5.75. The van der Waals surface area contributed by atoms with Gasteiger partial charge < -0.3 is 4.74 Å². The van der Waals surface area contributed by atoms with E-state index in [2.05, 4.69) is 6.07 Å². The lowest BCUT2D eigenvalue weighted by atomic mass is 10.3. The molecule has 0 aliphatic heterocycles. The minimum Gasteiger partial charge on any atom is -0.490 e. The summed E-state index contributed by atoms with van der Waals surface area (Å²) in [5.74, 6) is 0.764.